The van der Waals surface area contributed by atoms with Gasteiger partial charge in [0.15, 0.2) is 0 Å². The summed E-state index contributed by atoms with van der Waals surface area (Å²) >= 11 is 0. The quantitative estimate of drug-likeness (QED) is 0.121. The van der Waals surface area contributed by atoms with Crippen molar-refractivity contribution in [2.45, 2.75) is 27.7 Å². The molecule has 6 aromatic heterocycles. The number of rotatable bonds is 7. The number of H-pyrrole nitrogens is 2. The molecule has 0 unspecified atom stereocenters. The highest BCUT2D eigenvalue weighted by Gasteiger charge is 2.24. The van der Waals surface area contributed by atoms with Crippen LogP contribution in [0.2, 0.25) is 0 Å². The monoisotopic (exact) mass is 740 g/mol. The summed E-state index contributed by atoms with van der Waals surface area (Å²) in [4.78, 5) is 9.38. The molecule has 0 bridgehead atoms. The van der Waals surface area contributed by atoms with E-state index < -0.39 is 11.6 Å². The number of pyridine rings is 2. The summed E-state index contributed by atoms with van der Waals surface area (Å²) in [6, 6.07) is 25.8. The van der Waals surface area contributed by atoms with Crippen molar-refractivity contribution in [3.05, 3.63) is 144 Å². The lowest BCUT2D eigenvalue weighted by Crippen LogP contribution is -2.10. The van der Waals surface area contributed by atoms with E-state index in [2.05, 4.69) is 57.2 Å². The van der Waals surface area contributed by atoms with E-state index in [1.807, 2.05) is 71.8 Å². The maximum atomic E-state index is 16.1. The van der Waals surface area contributed by atoms with Gasteiger partial charge in [0.2, 0.25) is 0 Å². The lowest BCUT2D eigenvalue weighted by molar-refractivity contribution is 0.618. The maximum Gasteiger partial charge on any atom is 0.149 e. The summed E-state index contributed by atoms with van der Waals surface area (Å²) in [5, 5.41) is 18.5. The van der Waals surface area contributed by atoms with Crippen molar-refractivity contribution in [3.63, 3.8) is 0 Å². The summed E-state index contributed by atoms with van der Waals surface area (Å²) in [5.41, 5.74) is 18.8. The molecule has 0 fully saturated rings. The molecular formula is C44H34F2N10. The van der Waals surface area contributed by atoms with Gasteiger partial charge in [-0.3, -0.25) is 19.3 Å². The molecule has 0 aliphatic rings. The largest absolute Gasteiger partial charge is 0.301 e. The van der Waals surface area contributed by atoms with Crippen molar-refractivity contribution < 1.29 is 8.78 Å². The van der Waals surface area contributed by atoms with Crippen LogP contribution in [-0.4, -0.2) is 39.5 Å². The summed E-state index contributed by atoms with van der Waals surface area (Å²) in [6.45, 7) is 8.10. The predicted octanol–water partition coefficient (Wildman–Crippen LogP) is 10.4. The van der Waals surface area contributed by atoms with Crippen LogP contribution in [0.3, 0.4) is 0 Å². The molecule has 274 valence electrons. The SMILES string of the molecule is Cc1ccc2[nH]ncc2c1-c1c(C)n(-c2ccc(NNc3ccc(-n4c(C)c(-c5c(C)ccc6[nH]ncc56)c5cccnc54)c(F)c3)cc2F)c2ncccc12. The van der Waals surface area contributed by atoms with E-state index in [1.54, 1.807) is 36.7 Å². The van der Waals surface area contributed by atoms with Crippen LogP contribution in [0.25, 0.3) is 77.5 Å². The van der Waals surface area contributed by atoms with Crippen LogP contribution in [0.5, 0.6) is 0 Å². The van der Waals surface area contributed by atoms with E-state index in [1.165, 1.54) is 12.1 Å². The second-order valence-electron chi connectivity index (χ2n) is 14.1. The van der Waals surface area contributed by atoms with Gasteiger partial charge in [0, 0.05) is 68.6 Å². The molecule has 0 saturated carbocycles. The molecule has 0 aliphatic carbocycles. The smallest absolute Gasteiger partial charge is 0.149 e. The average Bonchev–Trinajstić information content (AvgIpc) is 3.99. The molecule has 0 spiro atoms. The van der Waals surface area contributed by atoms with Crippen LogP contribution in [-0.2, 0) is 0 Å². The van der Waals surface area contributed by atoms with E-state index in [9.17, 15) is 0 Å². The molecule has 12 heteroatoms. The van der Waals surface area contributed by atoms with Gasteiger partial charge in [-0.2, -0.15) is 10.2 Å². The third-order valence-corrected chi connectivity index (χ3v) is 10.8. The number of aromatic amines is 2. The molecule has 0 saturated heterocycles. The number of fused-ring (bicyclic) bond motifs is 4. The molecule has 10 nitrogen and oxygen atoms in total. The topological polar surface area (TPSA) is 117 Å². The van der Waals surface area contributed by atoms with Gasteiger partial charge in [0.25, 0.3) is 0 Å². The molecule has 10 aromatic rings. The number of benzene rings is 4. The Hall–Kier alpha value is -7.34. The number of hydrogen-bond donors (Lipinski definition) is 4. The Labute approximate surface area is 318 Å². The second-order valence-corrected chi connectivity index (χ2v) is 14.1. The van der Waals surface area contributed by atoms with Crippen LogP contribution in [0.1, 0.15) is 22.5 Å². The first-order valence-electron chi connectivity index (χ1n) is 18.2. The fourth-order valence-electron chi connectivity index (χ4n) is 8.29. The van der Waals surface area contributed by atoms with Crippen LogP contribution >= 0.6 is 0 Å². The Morgan fingerprint density at radius 1 is 0.518 bits per heavy atom. The molecule has 0 aliphatic heterocycles. The van der Waals surface area contributed by atoms with E-state index in [-0.39, 0.29) is 0 Å². The number of anilines is 2. The minimum atomic E-state index is -0.451. The number of nitrogens with one attached hydrogen (secondary N) is 4. The third-order valence-electron chi connectivity index (χ3n) is 10.8. The van der Waals surface area contributed by atoms with Crippen molar-refractivity contribution >= 4 is 55.2 Å². The Balaban J connectivity index is 0.964. The number of aromatic nitrogens is 8. The van der Waals surface area contributed by atoms with Gasteiger partial charge in [0.1, 0.15) is 22.9 Å². The number of hydrazine groups is 1. The van der Waals surface area contributed by atoms with Gasteiger partial charge in [0.05, 0.1) is 46.2 Å². The van der Waals surface area contributed by atoms with Crippen LogP contribution < -0.4 is 10.9 Å². The average molecular weight is 741 g/mol. The van der Waals surface area contributed by atoms with Crippen molar-refractivity contribution in [3.8, 4) is 33.6 Å². The summed E-state index contributed by atoms with van der Waals surface area (Å²) in [7, 11) is 0. The van der Waals surface area contributed by atoms with E-state index >= 15 is 8.78 Å². The van der Waals surface area contributed by atoms with Gasteiger partial charge in [-0.25, -0.2) is 18.7 Å². The summed E-state index contributed by atoms with van der Waals surface area (Å²) < 4.78 is 36.0. The number of aryl methyl sites for hydroxylation is 2. The molecule has 4 aromatic carbocycles. The van der Waals surface area contributed by atoms with Gasteiger partial charge >= 0.3 is 0 Å². The van der Waals surface area contributed by atoms with Crippen LogP contribution in [0.15, 0.2) is 110 Å². The Morgan fingerprint density at radius 2 is 0.964 bits per heavy atom. The van der Waals surface area contributed by atoms with Gasteiger partial charge in [-0.05, 0) is 111 Å². The van der Waals surface area contributed by atoms with Gasteiger partial charge in [-0.1, -0.05) is 12.1 Å². The highest BCUT2D eigenvalue weighted by molar-refractivity contribution is 6.08. The lowest BCUT2D eigenvalue weighted by Gasteiger charge is -2.15. The van der Waals surface area contributed by atoms with E-state index in [0.717, 1.165) is 77.3 Å². The van der Waals surface area contributed by atoms with Crippen LogP contribution in [0.4, 0.5) is 20.2 Å². The van der Waals surface area contributed by atoms with Crippen molar-refractivity contribution in [2.24, 2.45) is 0 Å². The lowest BCUT2D eigenvalue weighted by atomic mass is 9.95. The second kappa shape index (κ2) is 12.6. The number of nitrogens with zero attached hydrogens (tertiary/aromatic N) is 6. The van der Waals surface area contributed by atoms with Gasteiger partial charge < -0.3 is 10.9 Å². The molecule has 4 N–H and O–H groups in total. The van der Waals surface area contributed by atoms with Gasteiger partial charge in [-0.15, -0.1) is 0 Å². The fraction of sp³-hybridized carbons (Fsp3) is 0.0909. The van der Waals surface area contributed by atoms with E-state index in [4.69, 9.17) is 9.97 Å². The molecular weight excluding hydrogens is 707 g/mol. The first kappa shape index (κ1) is 33.2. The zero-order valence-corrected chi connectivity index (χ0v) is 30.8. The summed E-state index contributed by atoms with van der Waals surface area (Å²) in [6.07, 6.45) is 7.08. The normalized spacial score (nSPS) is 11.8. The molecule has 0 atom stereocenters. The van der Waals surface area contributed by atoms with E-state index in [0.29, 0.717) is 34.0 Å². The first-order chi connectivity index (χ1) is 27.3. The Morgan fingerprint density at radius 3 is 1.39 bits per heavy atom. The highest BCUT2D eigenvalue weighted by Crippen LogP contribution is 2.43. The summed E-state index contributed by atoms with van der Waals surface area (Å²) in [5.74, 6) is -0.901. The first-order valence-corrected chi connectivity index (χ1v) is 18.2. The van der Waals surface area contributed by atoms with Crippen LogP contribution in [0, 0.1) is 39.3 Å². The standard InChI is InChI=1S/C44H34F2N10/c1-23-9-13-35-31(21-49-53-35)39(23)41-25(3)55(43-29(41)7-5-17-47-43)37-15-11-27(19-33(37)45)51-52-28-12-16-38(34(46)20-28)56-26(4)42(30-8-6-18-48-44(30)56)40-24(2)10-14-36-32(40)22-50-54-36/h5-22,51-52H,1-4H3,(H,49,53)(H,50,54). The molecule has 10 rings (SSSR count). The highest BCUT2D eigenvalue weighted by atomic mass is 19.1. The molecule has 0 amide bonds. The Bertz CT molecular complexity index is 2970. The molecule has 0 radical (unpaired) electrons. The molecule has 56 heavy (non-hydrogen) atoms. The zero-order valence-electron chi connectivity index (χ0n) is 30.8. The maximum absolute atomic E-state index is 16.1. The Kier molecular flexibility index (Phi) is 7.49. The number of hydrogen-bond acceptors (Lipinski definition) is 6. The zero-order chi connectivity index (χ0) is 38.2. The molecule has 6 heterocycles. The minimum absolute atomic E-state index is 0.358. The van der Waals surface area contributed by atoms with Crippen molar-refractivity contribution in [1.29, 1.82) is 0 Å². The fourth-order valence-corrected chi connectivity index (χ4v) is 8.29. The minimum Gasteiger partial charge on any atom is -0.301 e. The third kappa shape index (κ3) is 4.99. The van der Waals surface area contributed by atoms with Crippen molar-refractivity contribution in [1.82, 2.24) is 39.5 Å². The number of halogens is 2. The van der Waals surface area contributed by atoms with Crippen molar-refractivity contribution in [2.75, 3.05) is 10.9 Å². The predicted molar refractivity (Wildman–Crippen MR) is 218 cm³/mol.